The van der Waals surface area contributed by atoms with Crippen molar-refractivity contribution >= 4 is 0 Å². The van der Waals surface area contributed by atoms with Crippen LogP contribution in [0.1, 0.15) is 40.5 Å². The molecular weight excluding hydrogens is 401 g/mol. The molecule has 1 aliphatic carbocycles. The van der Waals surface area contributed by atoms with Gasteiger partial charge in [-0.15, -0.1) is 0 Å². The van der Waals surface area contributed by atoms with Crippen molar-refractivity contribution in [1.29, 1.82) is 0 Å². The number of nitrogens with zero attached hydrogens (tertiary/aromatic N) is 1. The second-order valence-electron chi connectivity index (χ2n) is 9.11. The van der Waals surface area contributed by atoms with E-state index in [2.05, 4.69) is 65.6 Å². The highest BCUT2D eigenvalue weighted by molar-refractivity contribution is 5.48. The van der Waals surface area contributed by atoms with Gasteiger partial charge in [0, 0.05) is 31.5 Å². The van der Waals surface area contributed by atoms with E-state index in [-0.39, 0.29) is 18.5 Å². The molecule has 1 heterocycles. The number of aromatic hydroxyl groups is 1. The average Bonchev–Trinajstić information content (AvgIpc) is 2.80. The third-order valence-corrected chi connectivity index (χ3v) is 6.98. The van der Waals surface area contributed by atoms with Gasteiger partial charge in [0.05, 0.1) is 6.67 Å². The molecule has 1 aliphatic heterocycles. The number of fused-ring (bicyclic) bond motifs is 1. The lowest BCUT2D eigenvalue weighted by atomic mass is 9.69. The second-order valence-corrected chi connectivity index (χ2v) is 9.11. The quantitative estimate of drug-likeness (QED) is 0.534. The zero-order valence-electron chi connectivity index (χ0n) is 18.3. The molecular formula is C28H30FNO2. The molecule has 2 atom stereocenters. The summed E-state index contributed by atoms with van der Waals surface area (Å²) >= 11 is 0. The van der Waals surface area contributed by atoms with Crippen LogP contribution in [0.5, 0.6) is 11.5 Å². The van der Waals surface area contributed by atoms with Crippen molar-refractivity contribution < 1.29 is 14.2 Å². The van der Waals surface area contributed by atoms with E-state index < -0.39 is 0 Å². The molecule has 2 unspecified atom stereocenters. The maximum atomic E-state index is 12.6. The Morgan fingerprint density at radius 3 is 2.47 bits per heavy atom. The van der Waals surface area contributed by atoms with Gasteiger partial charge in [0.1, 0.15) is 18.1 Å². The summed E-state index contributed by atoms with van der Waals surface area (Å²) < 4.78 is 18.5. The maximum Gasteiger partial charge on any atom is 0.119 e. The Kier molecular flexibility index (Phi) is 6.13. The molecule has 0 bridgehead atoms. The fourth-order valence-electron chi connectivity index (χ4n) is 5.30. The Balaban J connectivity index is 1.33. The first-order chi connectivity index (χ1) is 15.7. The zero-order valence-corrected chi connectivity index (χ0v) is 18.3. The van der Waals surface area contributed by atoms with Gasteiger partial charge in [0.2, 0.25) is 0 Å². The first kappa shape index (κ1) is 21.0. The van der Waals surface area contributed by atoms with Crippen molar-refractivity contribution in [3.63, 3.8) is 0 Å². The lowest BCUT2D eigenvalue weighted by molar-refractivity contribution is 0.0668. The van der Waals surface area contributed by atoms with Crippen LogP contribution >= 0.6 is 0 Å². The molecule has 166 valence electrons. The SMILES string of the molecule is Oc1ccc2c(c1)CCC(c1ccccc1)C2c1ccc(OCCN2CC(CF)C2)cc1. The molecule has 1 fully saturated rings. The maximum absolute atomic E-state index is 12.6. The molecule has 2 aliphatic rings. The summed E-state index contributed by atoms with van der Waals surface area (Å²) in [6, 6.07) is 25.1. The third-order valence-electron chi connectivity index (χ3n) is 6.98. The predicted octanol–water partition coefficient (Wildman–Crippen LogP) is 5.53. The number of hydrogen-bond acceptors (Lipinski definition) is 3. The van der Waals surface area contributed by atoms with Gasteiger partial charge in [-0.3, -0.25) is 9.29 Å². The van der Waals surface area contributed by atoms with E-state index in [1.54, 1.807) is 6.07 Å². The number of likely N-dealkylation sites (tertiary alicyclic amines) is 1. The Morgan fingerprint density at radius 2 is 1.72 bits per heavy atom. The van der Waals surface area contributed by atoms with Crippen molar-refractivity contribution in [2.45, 2.75) is 24.7 Å². The lowest BCUT2D eigenvalue weighted by Gasteiger charge is -2.37. The van der Waals surface area contributed by atoms with Crippen molar-refractivity contribution in [1.82, 2.24) is 4.90 Å². The summed E-state index contributed by atoms with van der Waals surface area (Å²) in [5, 5.41) is 10.00. The smallest absolute Gasteiger partial charge is 0.119 e. The minimum atomic E-state index is -0.216. The monoisotopic (exact) mass is 431 g/mol. The first-order valence-electron chi connectivity index (χ1n) is 11.6. The van der Waals surface area contributed by atoms with Crippen LogP contribution in [0.2, 0.25) is 0 Å². The van der Waals surface area contributed by atoms with Crippen molar-refractivity contribution in [3.05, 3.63) is 95.1 Å². The van der Waals surface area contributed by atoms with E-state index in [9.17, 15) is 9.50 Å². The summed E-state index contributed by atoms with van der Waals surface area (Å²) in [5.74, 6) is 2.07. The molecule has 0 aromatic heterocycles. The van der Waals surface area contributed by atoms with Crippen molar-refractivity contribution in [2.24, 2.45) is 5.92 Å². The summed E-state index contributed by atoms with van der Waals surface area (Å²) in [6.45, 7) is 2.93. The Bertz CT molecular complexity index is 1030. The number of ether oxygens (including phenoxy) is 1. The molecule has 1 N–H and O–H groups in total. The highest BCUT2D eigenvalue weighted by Gasteiger charge is 2.32. The number of phenols is 1. The van der Waals surface area contributed by atoms with Gasteiger partial charge in [-0.2, -0.15) is 0 Å². The molecule has 3 aromatic rings. The Labute approximate surface area is 189 Å². The van der Waals surface area contributed by atoms with Gasteiger partial charge in [-0.1, -0.05) is 48.5 Å². The number of halogens is 1. The number of alkyl halides is 1. The molecule has 4 heteroatoms. The molecule has 0 amide bonds. The summed E-state index contributed by atoms with van der Waals surface area (Å²) in [7, 11) is 0. The summed E-state index contributed by atoms with van der Waals surface area (Å²) in [4.78, 5) is 2.23. The van der Waals surface area contributed by atoms with E-state index in [0.29, 0.717) is 18.3 Å². The van der Waals surface area contributed by atoms with E-state index in [1.165, 1.54) is 22.3 Å². The summed E-state index contributed by atoms with van der Waals surface area (Å²) in [6.07, 6.45) is 2.03. The third kappa shape index (κ3) is 4.37. The molecule has 3 nitrogen and oxygen atoms in total. The van der Waals surface area contributed by atoms with E-state index in [1.807, 2.05) is 6.07 Å². The van der Waals surface area contributed by atoms with Gasteiger partial charge < -0.3 is 9.84 Å². The number of aryl methyl sites for hydroxylation is 1. The van der Waals surface area contributed by atoms with Gasteiger partial charge in [-0.25, -0.2) is 0 Å². The molecule has 3 aromatic carbocycles. The Morgan fingerprint density at radius 1 is 0.938 bits per heavy atom. The first-order valence-corrected chi connectivity index (χ1v) is 11.6. The van der Waals surface area contributed by atoms with Crippen LogP contribution in [0.15, 0.2) is 72.8 Å². The van der Waals surface area contributed by atoms with Crippen LogP contribution < -0.4 is 4.74 Å². The van der Waals surface area contributed by atoms with Crippen LogP contribution in [-0.4, -0.2) is 42.9 Å². The van der Waals surface area contributed by atoms with Crippen LogP contribution in [0.25, 0.3) is 0 Å². The topological polar surface area (TPSA) is 32.7 Å². The molecule has 0 spiro atoms. The van der Waals surface area contributed by atoms with Crippen LogP contribution in [0.3, 0.4) is 0 Å². The van der Waals surface area contributed by atoms with Gasteiger partial charge in [0.15, 0.2) is 0 Å². The van der Waals surface area contributed by atoms with Crippen LogP contribution in [0, 0.1) is 5.92 Å². The fourth-order valence-corrected chi connectivity index (χ4v) is 5.30. The second kappa shape index (κ2) is 9.33. The Hall–Kier alpha value is -2.85. The number of benzene rings is 3. The highest BCUT2D eigenvalue weighted by Crippen LogP contribution is 2.47. The van der Waals surface area contributed by atoms with Gasteiger partial charge in [-0.05, 0) is 65.3 Å². The summed E-state index contributed by atoms with van der Waals surface area (Å²) in [5.41, 5.74) is 5.17. The van der Waals surface area contributed by atoms with Gasteiger partial charge in [0.25, 0.3) is 0 Å². The number of hydrogen-bond donors (Lipinski definition) is 1. The normalized spacial score (nSPS) is 21.0. The van der Waals surface area contributed by atoms with Crippen molar-refractivity contribution in [2.75, 3.05) is 32.9 Å². The van der Waals surface area contributed by atoms with Crippen molar-refractivity contribution in [3.8, 4) is 11.5 Å². The minimum absolute atomic E-state index is 0.215. The van der Waals surface area contributed by atoms with E-state index in [0.717, 1.165) is 38.2 Å². The predicted molar refractivity (Wildman–Crippen MR) is 125 cm³/mol. The zero-order chi connectivity index (χ0) is 21.9. The number of phenolic OH excluding ortho intramolecular Hbond substituents is 1. The molecule has 5 rings (SSSR count). The molecule has 0 saturated carbocycles. The minimum Gasteiger partial charge on any atom is -0.508 e. The lowest BCUT2D eigenvalue weighted by Crippen LogP contribution is -2.49. The van der Waals surface area contributed by atoms with E-state index >= 15 is 0 Å². The number of rotatable bonds is 7. The molecule has 0 radical (unpaired) electrons. The highest BCUT2D eigenvalue weighted by atomic mass is 19.1. The molecule has 32 heavy (non-hydrogen) atoms. The average molecular weight is 432 g/mol. The molecule has 1 saturated heterocycles. The van der Waals surface area contributed by atoms with E-state index in [4.69, 9.17) is 4.74 Å². The standard InChI is InChI=1S/C28H30FNO2/c29-17-20-18-30(19-20)14-15-32-25-10-6-22(7-11-25)28-26(21-4-2-1-3-5-21)12-8-23-16-24(31)9-13-27(23)28/h1-7,9-11,13,16,20,26,28,31H,8,12,14-15,17-19H2. The largest absolute Gasteiger partial charge is 0.508 e. The van der Waals surface area contributed by atoms with Gasteiger partial charge >= 0.3 is 0 Å². The fraction of sp³-hybridized carbons (Fsp3) is 0.357. The van der Waals surface area contributed by atoms with Crippen LogP contribution in [-0.2, 0) is 6.42 Å². The van der Waals surface area contributed by atoms with Crippen LogP contribution in [0.4, 0.5) is 4.39 Å².